The molecule has 18 heavy (non-hydrogen) atoms. The van der Waals surface area contributed by atoms with Crippen LogP contribution in [0.4, 0.5) is 14.5 Å². The van der Waals surface area contributed by atoms with Crippen molar-refractivity contribution in [3.05, 3.63) is 29.8 Å². The zero-order valence-corrected chi connectivity index (χ0v) is 11.3. The van der Waals surface area contributed by atoms with Crippen molar-refractivity contribution in [2.75, 3.05) is 5.32 Å². The third-order valence-electron chi connectivity index (χ3n) is 3.70. The van der Waals surface area contributed by atoms with Gasteiger partial charge in [0.1, 0.15) is 17.3 Å². The van der Waals surface area contributed by atoms with Crippen LogP contribution >= 0.6 is 0 Å². The first-order chi connectivity index (χ1) is 8.37. The molecule has 100 valence electrons. The van der Waals surface area contributed by atoms with Crippen molar-refractivity contribution in [3.8, 4) is 0 Å². The molecule has 3 heteroatoms. The molecule has 0 bridgehead atoms. The predicted molar refractivity (Wildman–Crippen MR) is 70.6 cm³/mol. The van der Waals surface area contributed by atoms with Crippen molar-refractivity contribution in [2.45, 2.75) is 46.1 Å². The van der Waals surface area contributed by atoms with Crippen LogP contribution in [0.3, 0.4) is 0 Å². The van der Waals surface area contributed by atoms with Gasteiger partial charge in [-0.3, -0.25) is 0 Å². The highest BCUT2D eigenvalue weighted by molar-refractivity contribution is 5.47. The van der Waals surface area contributed by atoms with Crippen molar-refractivity contribution in [1.82, 2.24) is 0 Å². The van der Waals surface area contributed by atoms with E-state index in [9.17, 15) is 8.78 Å². The molecule has 2 rings (SSSR count). The Balaban J connectivity index is 2.14. The maximum atomic E-state index is 13.6. The molecule has 0 spiro atoms. The van der Waals surface area contributed by atoms with Gasteiger partial charge in [0.15, 0.2) is 0 Å². The summed E-state index contributed by atoms with van der Waals surface area (Å²) in [7, 11) is 0. The minimum absolute atomic E-state index is 0.0207. The first-order valence-electron chi connectivity index (χ1n) is 6.58. The number of benzene rings is 1. The van der Waals surface area contributed by atoms with E-state index in [-0.39, 0.29) is 17.1 Å². The molecule has 1 fully saturated rings. The molecule has 1 saturated carbocycles. The molecule has 2 unspecified atom stereocenters. The topological polar surface area (TPSA) is 12.0 Å². The van der Waals surface area contributed by atoms with Crippen molar-refractivity contribution < 1.29 is 8.78 Å². The van der Waals surface area contributed by atoms with E-state index >= 15 is 0 Å². The summed E-state index contributed by atoms with van der Waals surface area (Å²) in [5.41, 5.74) is 0.254. The lowest BCUT2D eigenvalue weighted by molar-refractivity contribution is 0.177. The van der Waals surface area contributed by atoms with Crippen LogP contribution < -0.4 is 5.32 Å². The number of nitrogens with one attached hydrogen (secondary N) is 1. The molecule has 1 aromatic carbocycles. The fourth-order valence-corrected chi connectivity index (χ4v) is 3.30. The van der Waals surface area contributed by atoms with E-state index < -0.39 is 11.6 Å². The molecule has 1 aliphatic rings. The summed E-state index contributed by atoms with van der Waals surface area (Å²) in [5.74, 6) is -0.432. The molecular weight excluding hydrogens is 232 g/mol. The van der Waals surface area contributed by atoms with Gasteiger partial charge in [0.25, 0.3) is 0 Å². The lowest BCUT2D eigenvalue weighted by Gasteiger charge is -2.39. The lowest BCUT2D eigenvalue weighted by atomic mass is 9.70. The standard InChI is InChI=1S/C15H21F2N/c1-10-7-11(9-15(2,3)8-10)18-14-12(16)5-4-6-13(14)17/h4-6,10-11,18H,7-9H2,1-3H3. The van der Waals surface area contributed by atoms with Crippen LogP contribution in [-0.2, 0) is 0 Å². The van der Waals surface area contributed by atoms with Crippen molar-refractivity contribution >= 4 is 5.69 Å². The van der Waals surface area contributed by atoms with Gasteiger partial charge in [-0.2, -0.15) is 0 Å². The highest BCUT2D eigenvalue weighted by Gasteiger charge is 2.32. The minimum atomic E-state index is -0.508. The first-order valence-corrected chi connectivity index (χ1v) is 6.58. The van der Waals surface area contributed by atoms with E-state index in [1.807, 2.05) is 0 Å². The summed E-state index contributed by atoms with van der Waals surface area (Å²) in [6, 6.07) is 4.13. The van der Waals surface area contributed by atoms with Crippen molar-refractivity contribution in [2.24, 2.45) is 11.3 Å². The SMILES string of the molecule is CC1CC(Nc2c(F)cccc2F)CC(C)(C)C1. The molecule has 2 atom stereocenters. The lowest BCUT2D eigenvalue weighted by Crippen LogP contribution is -2.36. The van der Waals surface area contributed by atoms with Crippen LogP contribution in [-0.4, -0.2) is 6.04 Å². The van der Waals surface area contributed by atoms with E-state index in [0.717, 1.165) is 12.8 Å². The Kier molecular flexibility index (Phi) is 3.60. The molecule has 0 amide bonds. The first kappa shape index (κ1) is 13.3. The monoisotopic (exact) mass is 253 g/mol. The molecule has 0 heterocycles. The van der Waals surface area contributed by atoms with Crippen LogP contribution in [0.2, 0.25) is 0 Å². The average molecular weight is 253 g/mol. The van der Waals surface area contributed by atoms with Gasteiger partial charge in [-0.25, -0.2) is 8.78 Å². The molecule has 0 radical (unpaired) electrons. The molecule has 1 nitrogen and oxygen atoms in total. The van der Waals surface area contributed by atoms with Crippen LogP contribution in [0.5, 0.6) is 0 Å². The highest BCUT2D eigenvalue weighted by atomic mass is 19.1. The third kappa shape index (κ3) is 3.01. The summed E-state index contributed by atoms with van der Waals surface area (Å²) in [6.07, 6.45) is 3.09. The second-order valence-corrected chi connectivity index (χ2v) is 6.35. The van der Waals surface area contributed by atoms with E-state index in [4.69, 9.17) is 0 Å². The van der Waals surface area contributed by atoms with Gasteiger partial charge in [0, 0.05) is 6.04 Å². The smallest absolute Gasteiger partial charge is 0.149 e. The van der Waals surface area contributed by atoms with E-state index in [1.54, 1.807) is 0 Å². The van der Waals surface area contributed by atoms with Gasteiger partial charge in [-0.15, -0.1) is 0 Å². The molecule has 1 N–H and O–H groups in total. The Bertz CT molecular complexity index is 408. The molecule has 0 aromatic heterocycles. The van der Waals surface area contributed by atoms with Crippen LogP contribution in [0, 0.1) is 23.0 Å². The Morgan fingerprint density at radius 1 is 1.17 bits per heavy atom. The van der Waals surface area contributed by atoms with Gasteiger partial charge < -0.3 is 5.32 Å². The van der Waals surface area contributed by atoms with Gasteiger partial charge in [-0.05, 0) is 42.7 Å². The third-order valence-corrected chi connectivity index (χ3v) is 3.70. The zero-order valence-electron chi connectivity index (χ0n) is 11.3. The summed E-state index contributed by atoms with van der Waals surface area (Å²) < 4.78 is 27.2. The summed E-state index contributed by atoms with van der Waals surface area (Å²) in [4.78, 5) is 0. The molecular formula is C15H21F2N. The largest absolute Gasteiger partial charge is 0.378 e. The summed E-state index contributed by atoms with van der Waals surface area (Å²) >= 11 is 0. The maximum Gasteiger partial charge on any atom is 0.149 e. The van der Waals surface area contributed by atoms with Gasteiger partial charge in [0.05, 0.1) is 0 Å². The second-order valence-electron chi connectivity index (χ2n) is 6.35. The molecule has 1 aliphatic carbocycles. The van der Waals surface area contributed by atoms with Gasteiger partial charge >= 0.3 is 0 Å². The minimum Gasteiger partial charge on any atom is -0.378 e. The number of para-hydroxylation sites is 1. The number of anilines is 1. The van der Waals surface area contributed by atoms with Gasteiger partial charge in [-0.1, -0.05) is 26.8 Å². The summed E-state index contributed by atoms with van der Waals surface area (Å²) in [6.45, 7) is 6.64. The Morgan fingerprint density at radius 2 is 1.78 bits per heavy atom. The second kappa shape index (κ2) is 4.87. The Hall–Kier alpha value is -1.12. The number of rotatable bonds is 2. The molecule has 1 aromatic rings. The molecule has 0 aliphatic heterocycles. The van der Waals surface area contributed by atoms with Crippen LogP contribution in [0.1, 0.15) is 40.0 Å². The Labute approximate surface area is 108 Å². The van der Waals surface area contributed by atoms with Crippen molar-refractivity contribution in [3.63, 3.8) is 0 Å². The number of halogens is 2. The van der Waals surface area contributed by atoms with E-state index in [1.165, 1.54) is 24.6 Å². The fourth-order valence-electron chi connectivity index (χ4n) is 3.30. The maximum absolute atomic E-state index is 13.6. The zero-order chi connectivity index (χ0) is 13.3. The number of hydrogen-bond acceptors (Lipinski definition) is 1. The number of hydrogen-bond donors (Lipinski definition) is 1. The normalized spacial score (nSPS) is 26.9. The summed E-state index contributed by atoms with van der Waals surface area (Å²) in [5, 5.41) is 3.05. The average Bonchev–Trinajstić information content (AvgIpc) is 2.21. The van der Waals surface area contributed by atoms with Crippen LogP contribution in [0.25, 0.3) is 0 Å². The van der Waals surface area contributed by atoms with Gasteiger partial charge in [0.2, 0.25) is 0 Å². The van der Waals surface area contributed by atoms with Crippen molar-refractivity contribution in [1.29, 1.82) is 0 Å². The Morgan fingerprint density at radius 3 is 2.33 bits per heavy atom. The quantitative estimate of drug-likeness (QED) is 0.812. The van der Waals surface area contributed by atoms with Crippen LogP contribution in [0.15, 0.2) is 18.2 Å². The fraction of sp³-hybridized carbons (Fsp3) is 0.600. The highest BCUT2D eigenvalue weighted by Crippen LogP contribution is 2.39. The molecule has 0 saturated heterocycles. The van der Waals surface area contributed by atoms with E-state index in [2.05, 4.69) is 26.1 Å². The van der Waals surface area contributed by atoms with E-state index in [0.29, 0.717) is 5.92 Å². The predicted octanol–water partition coefficient (Wildman–Crippen LogP) is 4.59.